The molecule has 0 aliphatic carbocycles. The zero-order chi connectivity index (χ0) is 9.12. The van der Waals surface area contributed by atoms with Crippen LogP contribution in [0, 0.1) is 0 Å². The second kappa shape index (κ2) is 3.89. The average molecular weight is 200 g/mol. The lowest BCUT2D eigenvalue weighted by atomic mass is 11.1. The molecule has 0 aliphatic rings. The van der Waals surface area contributed by atoms with Crippen molar-refractivity contribution in [2.45, 2.75) is 5.18 Å². The normalized spacial score (nSPS) is 17.9. The van der Waals surface area contributed by atoms with Gasteiger partial charge in [-0.15, -0.1) is 0 Å². The molecule has 7 heteroatoms. The van der Waals surface area contributed by atoms with Crippen LogP contribution in [-0.4, -0.2) is 25.2 Å². The molecule has 0 saturated heterocycles. The Morgan fingerprint density at radius 3 is 2.27 bits per heavy atom. The standard InChI is InChI=1S/C4H13N2O3PS/c1-8-10(2,7)9-4(5,6)11-3/h5-6H2,1-3H3/t10-/m1/s1. The maximum atomic E-state index is 11.1. The molecule has 0 aromatic rings. The zero-order valence-electron chi connectivity index (χ0n) is 6.73. The second-order valence-corrected chi connectivity index (χ2v) is 5.11. The predicted molar refractivity (Wildman–Crippen MR) is 46.2 cm³/mol. The molecular formula is C4H13N2O3PS. The van der Waals surface area contributed by atoms with Gasteiger partial charge in [-0.05, 0) is 6.26 Å². The van der Waals surface area contributed by atoms with Gasteiger partial charge in [0, 0.05) is 13.8 Å². The summed E-state index contributed by atoms with van der Waals surface area (Å²) in [7, 11) is -1.81. The van der Waals surface area contributed by atoms with Gasteiger partial charge in [-0.3, -0.25) is 20.6 Å². The van der Waals surface area contributed by atoms with Crippen molar-refractivity contribution in [3.8, 4) is 0 Å². The molecule has 0 bridgehead atoms. The van der Waals surface area contributed by atoms with Gasteiger partial charge in [0.1, 0.15) is 0 Å². The van der Waals surface area contributed by atoms with Crippen LogP contribution in [0.5, 0.6) is 0 Å². The van der Waals surface area contributed by atoms with Crippen molar-refractivity contribution < 1.29 is 13.6 Å². The Balaban J connectivity index is 4.14. The van der Waals surface area contributed by atoms with Gasteiger partial charge >= 0.3 is 7.60 Å². The number of nitrogens with two attached hydrogens (primary N) is 2. The minimum Gasteiger partial charge on any atom is -0.312 e. The van der Waals surface area contributed by atoms with E-state index in [0.717, 1.165) is 11.8 Å². The fourth-order valence-corrected chi connectivity index (χ4v) is 1.63. The molecule has 0 saturated carbocycles. The highest BCUT2D eigenvalue weighted by Crippen LogP contribution is 2.46. The van der Waals surface area contributed by atoms with E-state index in [9.17, 15) is 4.57 Å². The van der Waals surface area contributed by atoms with Gasteiger partial charge in [0.05, 0.1) is 0 Å². The Bertz CT molecular complexity index is 175. The molecule has 4 N–H and O–H groups in total. The van der Waals surface area contributed by atoms with Crippen molar-refractivity contribution in [1.82, 2.24) is 0 Å². The summed E-state index contributed by atoms with van der Waals surface area (Å²) in [6.07, 6.45) is 1.65. The lowest BCUT2D eigenvalue weighted by Gasteiger charge is -2.24. The van der Waals surface area contributed by atoms with Crippen LogP contribution < -0.4 is 11.5 Å². The molecule has 0 spiro atoms. The Morgan fingerprint density at radius 1 is 1.55 bits per heavy atom. The van der Waals surface area contributed by atoms with Gasteiger partial charge in [-0.2, -0.15) is 0 Å². The first-order valence-corrected chi connectivity index (χ1v) is 6.01. The van der Waals surface area contributed by atoms with E-state index >= 15 is 0 Å². The van der Waals surface area contributed by atoms with E-state index < -0.39 is 12.8 Å². The van der Waals surface area contributed by atoms with Crippen LogP contribution >= 0.6 is 19.4 Å². The molecule has 0 aliphatic heterocycles. The third-order valence-corrected chi connectivity index (χ3v) is 3.10. The van der Waals surface area contributed by atoms with Gasteiger partial charge in [-0.25, -0.2) is 0 Å². The Hall–Kier alpha value is 0.420. The summed E-state index contributed by atoms with van der Waals surface area (Å²) in [5, 5.41) is -1.44. The fraction of sp³-hybridized carbons (Fsp3) is 1.00. The molecule has 11 heavy (non-hydrogen) atoms. The number of hydrogen-bond donors (Lipinski definition) is 2. The summed E-state index contributed by atoms with van der Waals surface area (Å²) in [6, 6.07) is 0. The monoisotopic (exact) mass is 200 g/mol. The van der Waals surface area contributed by atoms with E-state index in [2.05, 4.69) is 4.52 Å². The molecule has 0 radical (unpaired) electrons. The first-order chi connectivity index (χ1) is 4.83. The smallest absolute Gasteiger partial charge is 0.312 e. The van der Waals surface area contributed by atoms with E-state index in [0.29, 0.717) is 0 Å². The first kappa shape index (κ1) is 11.4. The Kier molecular flexibility index (Phi) is 4.04. The molecule has 1 atom stereocenters. The Labute approximate surface area is 70.3 Å². The second-order valence-electron chi connectivity index (χ2n) is 1.97. The van der Waals surface area contributed by atoms with Crippen LogP contribution in [0.4, 0.5) is 0 Å². The SMILES string of the molecule is CO[P@@](C)(=O)OC(N)(N)SC. The molecule has 68 valence electrons. The minimum atomic E-state index is -3.08. The summed E-state index contributed by atoms with van der Waals surface area (Å²) in [5.41, 5.74) is 10.7. The zero-order valence-corrected chi connectivity index (χ0v) is 8.45. The molecule has 0 aromatic heterocycles. The van der Waals surface area contributed by atoms with E-state index in [1.807, 2.05) is 0 Å². The highest BCUT2D eigenvalue weighted by molar-refractivity contribution is 7.99. The van der Waals surface area contributed by atoms with Crippen molar-refractivity contribution in [2.24, 2.45) is 11.5 Å². The summed E-state index contributed by atoms with van der Waals surface area (Å²) in [5.74, 6) is 0. The van der Waals surface area contributed by atoms with Crippen LogP contribution in [0.2, 0.25) is 0 Å². The third kappa shape index (κ3) is 4.79. The maximum absolute atomic E-state index is 11.1. The highest BCUT2D eigenvalue weighted by atomic mass is 32.2. The average Bonchev–Trinajstić information content (AvgIpc) is 1.86. The largest absolute Gasteiger partial charge is 0.330 e. The summed E-state index contributed by atoms with van der Waals surface area (Å²) in [4.78, 5) is 0. The van der Waals surface area contributed by atoms with Crippen molar-refractivity contribution >= 4 is 19.4 Å². The third-order valence-electron chi connectivity index (χ3n) is 0.959. The summed E-state index contributed by atoms with van der Waals surface area (Å²) in [6.45, 7) is 1.30. The summed E-state index contributed by atoms with van der Waals surface area (Å²) < 4.78 is 20.5. The number of hydrogen-bond acceptors (Lipinski definition) is 6. The highest BCUT2D eigenvalue weighted by Gasteiger charge is 2.28. The van der Waals surface area contributed by atoms with Gasteiger partial charge in [0.2, 0.25) is 5.18 Å². The molecule has 0 amide bonds. The lowest BCUT2D eigenvalue weighted by Crippen LogP contribution is -2.47. The Morgan fingerprint density at radius 2 is 2.00 bits per heavy atom. The molecule has 0 heterocycles. The molecule has 0 rings (SSSR count). The van der Waals surface area contributed by atoms with Gasteiger partial charge in [0.15, 0.2) is 0 Å². The van der Waals surface area contributed by atoms with Gasteiger partial charge in [-0.1, -0.05) is 11.8 Å². The molecule has 0 unspecified atom stereocenters. The minimum absolute atomic E-state index is 1.05. The lowest BCUT2D eigenvalue weighted by molar-refractivity contribution is 0.147. The maximum Gasteiger partial charge on any atom is 0.330 e. The van der Waals surface area contributed by atoms with Crippen LogP contribution in [0.1, 0.15) is 0 Å². The van der Waals surface area contributed by atoms with Crippen LogP contribution in [0.25, 0.3) is 0 Å². The van der Waals surface area contributed by atoms with Crippen molar-refractivity contribution in [2.75, 3.05) is 20.0 Å². The van der Waals surface area contributed by atoms with E-state index in [-0.39, 0.29) is 0 Å². The predicted octanol–water partition coefficient (Wildman–Crippen LogP) is 0.364. The van der Waals surface area contributed by atoms with Crippen LogP contribution in [-0.2, 0) is 13.6 Å². The quantitative estimate of drug-likeness (QED) is 0.503. The number of thioether (sulfide) groups is 1. The number of rotatable bonds is 4. The molecule has 0 aromatic carbocycles. The van der Waals surface area contributed by atoms with Gasteiger partial charge < -0.3 is 4.52 Å². The molecular weight excluding hydrogens is 187 g/mol. The van der Waals surface area contributed by atoms with Crippen LogP contribution in [0.3, 0.4) is 0 Å². The van der Waals surface area contributed by atoms with E-state index in [1.165, 1.54) is 13.8 Å². The van der Waals surface area contributed by atoms with E-state index in [1.54, 1.807) is 6.26 Å². The van der Waals surface area contributed by atoms with E-state index in [4.69, 9.17) is 16.0 Å². The fourth-order valence-electron chi connectivity index (χ4n) is 0.334. The molecule has 5 nitrogen and oxygen atoms in total. The summed E-state index contributed by atoms with van der Waals surface area (Å²) >= 11 is 1.05. The van der Waals surface area contributed by atoms with Crippen molar-refractivity contribution in [1.29, 1.82) is 0 Å². The topological polar surface area (TPSA) is 87.6 Å². The first-order valence-electron chi connectivity index (χ1n) is 2.80. The van der Waals surface area contributed by atoms with Crippen molar-refractivity contribution in [3.05, 3.63) is 0 Å². The molecule has 0 fully saturated rings. The van der Waals surface area contributed by atoms with Crippen molar-refractivity contribution in [3.63, 3.8) is 0 Å². The van der Waals surface area contributed by atoms with Gasteiger partial charge in [0.25, 0.3) is 0 Å². The van der Waals surface area contributed by atoms with Crippen LogP contribution in [0.15, 0.2) is 0 Å².